The Labute approximate surface area is 113 Å². The number of aromatic nitrogens is 2. The Bertz CT molecular complexity index is 441. The van der Waals surface area contributed by atoms with Crippen molar-refractivity contribution in [2.75, 3.05) is 33.7 Å². The van der Waals surface area contributed by atoms with Crippen LogP contribution in [0.3, 0.4) is 0 Å². The van der Waals surface area contributed by atoms with E-state index in [9.17, 15) is 9.59 Å². The number of carbonyl (C=O) groups excluding carboxylic acids is 2. The molecule has 0 spiro atoms. The second-order valence-electron chi connectivity index (χ2n) is 4.39. The molecule has 1 aromatic rings. The molecule has 0 radical (unpaired) electrons. The average molecular weight is 267 g/mol. The third-order valence-electron chi connectivity index (χ3n) is 2.73. The standard InChI is InChI=1S/C12H21N5O2/c1-4-17(8-11(18)15(2)3)12(19)10-7-16(6-5-13)9-14-10/h7,9H,4-6,8,13H2,1-3H3. The van der Waals surface area contributed by atoms with Gasteiger partial charge in [0, 0.05) is 39.9 Å². The number of hydrogen-bond acceptors (Lipinski definition) is 4. The van der Waals surface area contributed by atoms with E-state index in [0.717, 1.165) is 0 Å². The normalized spacial score (nSPS) is 10.3. The Balaban J connectivity index is 2.74. The molecule has 2 N–H and O–H groups in total. The van der Waals surface area contributed by atoms with Crippen molar-refractivity contribution in [2.24, 2.45) is 5.73 Å². The monoisotopic (exact) mass is 267 g/mol. The first kappa shape index (κ1) is 15.2. The quantitative estimate of drug-likeness (QED) is 0.745. The maximum absolute atomic E-state index is 12.2. The zero-order valence-electron chi connectivity index (χ0n) is 11.7. The first-order chi connectivity index (χ1) is 8.99. The van der Waals surface area contributed by atoms with Crippen LogP contribution in [0.25, 0.3) is 0 Å². The van der Waals surface area contributed by atoms with Crippen molar-refractivity contribution in [1.29, 1.82) is 0 Å². The van der Waals surface area contributed by atoms with E-state index in [4.69, 9.17) is 5.73 Å². The van der Waals surface area contributed by atoms with E-state index in [-0.39, 0.29) is 18.4 Å². The molecule has 0 unspecified atom stereocenters. The number of imidazole rings is 1. The van der Waals surface area contributed by atoms with Gasteiger partial charge >= 0.3 is 0 Å². The Morgan fingerprint density at radius 2 is 2.11 bits per heavy atom. The highest BCUT2D eigenvalue weighted by Crippen LogP contribution is 2.03. The molecule has 19 heavy (non-hydrogen) atoms. The van der Waals surface area contributed by atoms with Gasteiger partial charge in [0.25, 0.3) is 5.91 Å². The van der Waals surface area contributed by atoms with Gasteiger partial charge in [0.05, 0.1) is 6.33 Å². The van der Waals surface area contributed by atoms with Crippen molar-refractivity contribution in [3.05, 3.63) is 18.2 Å². The van der Waals surface area contributed by atoms with Crippen LogP contribution in [0.1, 0.15) is 17.4 Å². The van der Waals surface area contributed by atoms with Crippen molar-refractivity contribution in [3.8, 4) is 0 Å². The summed E-state index contributed by atoms with van der Waals surface area (Å²) < 4.78 is 1.76. The van der Waals surface area contributed by atoms with Crippen molar-refractivity contribution < 1.29 is 9.59 Å². The zero-order valence-corrected chi connectivity index (χ0v) is 11.7. The van der Waals surface area contributed by atoms with Gasteiger partial charge in [-0.2, -0.15) is 0 Å². The number of hydrogen-bond donors (Lipinski definition) is 1. The SMILES string of the molecule is CCN(CC(=O)N(C)C)C(=O)c1cn(CCN)cn1. The minimum Gasteiger partial charge on any atom is -0.347 e. The van der Waals surface area contributed by atoms with Crippen molar-refractivity contribution in [1.82, 2.24) is 19.4 Å². The average Bonchev–Trinajstić information content (AvgIpc) is 2.83. The van der Waals surface area contributed by atoms with E-state index in [1.54, 1.807) is 31.2 Å². The molecule has 1 rings (SSSR count). The van der Waals surface area contributed by atoms with Crippen molar-refractivity contribution >= 4 is 11.8 Å². The maximum Gasteiger partial charge on any atom is 0.274 e. The van der Waals surface area contributed by atoms with Gasteiger partial charge in [0.1, 0.15) is 12.2 Å². The van der Waals surface area contributed by atoms with E-state index < -0.39 is 0 Å². The minimum absolute atomic E-state index is 0.0616. The number of nitrogens with two attached hydrogens (primary N) is 1. The van der Waals surface area contributed by atoms with E-state index in [0.29, 0.717) is 25.3 Å². The molecule has 0 aliphatic carbocycles. The van der Waals surface area contributed by atoms with Crippen LogP contribution in [-0.4, -0.2) is 64.9 Å². The maximum atomic E-state index is 12.2. The fourth-order valence-corrected chi connectivity index (χ4v) is 1.54. The molecule has 0 fully saturated rings. The lowest BCUT2D eigenvalue weighted by atomic mass is 10.3. The summed E-state index contributed by atoms with van der Waals surface area (Å²) in [6, 6.07) is 0. The van der Waals surface area contributed by atoms with Crippen LogP contribution in [-0.2, 0) is 11.3 Å². The summed E-state index contributed by atoms with van der Waals surface area (Å²) in [4.78, 5) is 30.8. The van der Waals surface area contributed by atoms with Crippen molar-refractivity contribution in [3.63, 3.8) is 0 Å². The Hall–Kier alpha value is -1.89. The third kappa shape index (κ3) is 4.06. The molecular weight excluding hydrogens is 246 g/mol. The smallest absolute Gasteiger partial charge is 0.274 e. The van der Waals surface area contributed by atoms with E-state index in [1.807, 2.05) is 6.92 Å². The summed E-state index contributed by atoms with van der Waals surface area (Å²) in [5.74, 6) is -0.356. The van der Waals surface area contributed by atoms with Crippen molar-refractivity contribution in [2.45, 2.75) is 13.5 Å². The molecular formula is C12H21N5O2. The molecule has 1 heterocycles. The fraction of sp³-hybridized carbons (Fsp3) is 0.583. The predicted octanol–water partition coefficient (Wildman–Crippen LogP) is -0.608. The van der Waals surface area contributed by atoms with E-state index in [2.05, 4.69) is 4.98 Å². The summed E-state index contributed by atoms with van der Waals surface area (Å²) in [7, 11) is 3.33. The lowest BCUT2D eigenvalue weighted by molar-refractivity contribution is -0.129. The van der Waals surface area contributed by atoms with Gasteiger partial charge in [0.2, 0.25) is 5.91 Å². The lowest BCUT2D eigenvalue weighted by Crippen LogP contribution is -2.40. The molecule has 0 aromatic carbocycles. The van der Waals surface area contributed by atoms with Gasteiger partial charge in [0.15, 0.2) is 0 Å². The first-order valence-corrected chi connectivity index (χ1v) is 6.20. The largest absolute Gasteiger partial charge is 0.347 e. The lowest BCUT2D eigenvalue weighted by Gasteiger charge is -2.21. The number of likely N-dealkylation sites (N-methyl/N-ethyl adjacent to an activating group) is 2. The summed E-state index contributed by atoms with van der Waals surface area (Å²) in [5.41, 5.74) is 5.77. The molecule has 2 amide bonds. The number of amides is 2. The molecule has 0 atom stereocenters. The van der Waals surface area contributed by atoms with Crippen LogP contribution in [0, 0.1) is 0 Å². The summed E-state index contributed by atoms with van der Waals surface area (Å²) >= 11 is 0. The van der Waals surface area contributed by atoms with Gasteiger partial charge in [-0.15, -0.1) is 0 Å². The van der Waals surface area contributed by atoms with Crippen LogP contribution >= 0.6 is 0 Å². The van der Waals surface area contributed by atoms with Crippen LogP contribution in [0.4, 0.5) is 0 Å². The fourth-order valence-electron chi connectivity index (χ4n) is 1.54. The Morgan fingerprint density at radius 1 is 1.42 bits per heavy atom. The van der Waals surface area contributed by atoms with Gasteiger partial charge in [-0.3, -0.25) is 9.59 Å². The predicted molar refractivity (Wildman–Crippen MR) is 71.6 cm³/mol. The number of rotatable bonds is 6. The molecule has 0 saturated carbocycles. The molecule has 0 aliphatic heterocycles. The minimum atomic E-state index is -0.242. The molecule has 0 bridgehead atoms. The molecule has 0 saturated heterocycles. The number of nitrogens with zero attached hydrogens (tertiary/aromatic N) is 4. The topological polar surface area (TPSA) is 84.5 Å². The highest BCUT2D eigenvalue weighted by atomic mass is 16.2. The summed E-state index contributed by atoms with van der Waals surface area (Å²) in [6.45, 7) is 3.45. The highest BCUT2D eigenvalue weighted by Gasteiger charge is 2.20. The van der Waals surface area contributed by atoms with Crippen LogP contribution < -0.4 is 5.73 Å². The molecule has 1 aromatic heterocycles. The summed E-state index contributed by atoms with van der Waals surface area (Å²) in [5, 5.41) is 0. The molecule has 7 heteroatoms. The van der Waals surface area contributed by atoms with Gasteiger partial charge < -0.3 is 20.1 Å². The second kappa shape index (κ2) is 6.89. The van der Waals surface area contributed by atoms with E-state index in [1.165, 1.54) is 9.80 Å². The van der Waals surface area contributed by atoms with E-state index >= 15 is 0 Å². The number of carbonyl (C=O) groups is 2. The Morgan fingerprint density at radius 3 is 2.63 bits per heavy atom. The first-order valence-electron chi connectivity index (χ1n) is 6.20. The van der Waals surface area contributed by atoms with Crippen LogP contribution in [0.2, 0.25) is 0 Å². The van der Waals surface area contributed by atoms with Gasteiger partial charge in [-0.25, -0.2) is 4.98 Å². The highest BCUT2D eigenvalue weighted by molar-refractivity contribution is 5.94. The van der Waals surface area contributed by atoms with Crippen LogP contribution in [0.15, 0.2) is 12.5 Å². The van der Waals surface area contributed by atoms with Gasteiger partial charge in [-0.05, 0) is 6.92 Å². The van der Waals surface area contributed by atoms with Gasteiger partial charge in [-0.1, -0.05) is 0 Å². The van der Waals surface area contributed by atoms with Crippen LogP contribution in [0.5, 0.6) is 0 Å². The molecule has 0 aliphatic rings. The Kier molecular flexibility index (Phi) is 5.50. The second-order valence-corrected chi connectivity index (χ2v) is 4.39. The zero-order chi connectivity index (χ0) is 14.4. The summed E-state index contributed by atoms with van der Waals surface area (Å²) in [6.07, 6.45) is 3.22. The third-order valence-corrected chi connectivity index (χ3v) is 2.73. The molecule has 7 nitrogen and oxygen atoms in total. The molecule has 106 valence electrons.